The molecule has 2 aromatic carbocycles. The van der Waals surface area contributed by atoms with E-state index < -0.39 is 36.7 Å². The molecule has 152 valence electrons. The Labute approximate surface area is 173 Å². The second-order valence-corrected chi connectivity index (χ2v) is 7.09. The summed E-state index contributed by atoms with van der Waals surface area (Å²) in [5, 5.41) is 4.97. The Morgan fingerprint density at radius 2 is 1.55 bits per heavy atom. The van der Waals surface area contributed by atoms with Crippen molar-refractivity contribution in [1.82, 2.24) is 10.6 Å². The average Bonchev–Trinajstić information content (AvgIpc) is 3.05. The van der Waals surface area contributed by atoms with Crippen LogP contribution in [0.25, 0.3) is 11.1 Å². The zero-order valence-corrected chi connectivity index (χ0v) is 16.5. The zero-order chi connectivity index (χ0) is 22.5. The molecule has 2 N–H and O–H groups in total. The fourth-order valence-corrected chi connectivity index (χ4v) is 3.48. The lowest BCUT2D eigenvalue weighted by Gasteiger charge is -2.18. The van der Waals surface area contributed by atoms with Crippen molar-refractivity contribution >= 4 is 17.8 Å². The number of ketones is 1. The third-order valence-electron chi connectivity index (χ3n) is 5.11. The average molecular weight is 396 g/mol. The number of nitrogens with one attached hydrogen (secondary N) is 2. The summed E-state index contributed by atoms with van der Waals surface area (Å²) in [4.78, 5) is 36.3. The van der Waals surface area contributed by atoms with Crippen molar-refractivity contribution < 1.29 is 21.9 Å². The van der Waals surface area contributed by atoms with Crippen molar-refractivity contribution in [3.8, 4) is 11.1 Å². The molecule has 0 fully saturated rings. The van der Waals surface area contributed by atoms with Gasteiger partial charge >= 0.3 is 6.09 Å². The van der Waals surface area contributed by atoms with Gasteiger partial charge in [0, 0.05) is 15.1 Å². The number of ether oxygens (including phenoxy) is 1. The van der Waals surface area contributed by atoms with Gasteiger partial charge in [0.15, 0.2) is 5.78 Å². The molecule has 6 heteroatoms. The second kappa shape index (κ2) is 8.90. The van der Waals surface area contributed by atoms with Crippen LogP contribution in [0.15, 0.2) is 48.5 Å². The molecule has 6 nitrogen and oxygen atoms in total. The van der Waals surface area contributed by atoms with Gasteiger partial charge in [-0.2, -0.15) is 0 Å². The SMILES string of the molecule is [2H]C([2H])CC(=O)[C@H](C)NC(=O)[C@H](C)NC(=O)OCC1c2ccccc2-c2ccccc21. The molecule has 0 bridgehead atoms. The molecule has 0 saturated heterocycles. The minimum Gasteiger partial charge on any atom is -0.449 e. The van der Waals surface area contributed by atoms with Gasteiger partial charge in [-0.3, -0.25) is 9.59 Å². The van der Waals surface area contributed by atoms with Crippen molar-refractivity contribution in [3.63, 3.8) is 0 Å². The van der Waals surface area contributed by atoms with Gasteiger partial charge in [0.1, 0.15) is 12.6 Å². The van der Waals surface area contributed by atoms with Gasteiger partial charge in [-0.05, 0) is 36.1 Å². The first-order valence-electron chi connectivity index (χ1n) is 10.7. The van der Waals surface area contributed by atoms with Crippen LogP contribution >= 0.6 is 0 Å². The van der Waals surface area contributed by atoms with Crippen LogP contribution in [-0.4, -0.2) is 36.5 Å². The molecule has 2 amide bonds. The summed E-state index contributed by atoms with van der Waals surface area (Å²) in [6.45, 7) is 1.84. The van der Waals surface area contributed by atoms with Crippen LogP contribution in [0.4, 0.5) is 4.79 Å². The highest BCUT2D eigenvalue weighted by atomic mass is 16.5. The summed E-state index contributed by atoms with van der Waals surface area (Å²) < 4.78 is 19.7. The summed E-state index contributed by atoms with van der Waals surface area (Å²) in [6.07, 6.45) is -0.990. The quantitative estimate of drug-likeness (QED) is 0.751. The summed E-state index contributed by atoms with van der Waals surface area (Å²) in [6, 6.07) is 14.3. The lowest BCUT2D eigenvalue weighted by atomic mass is 9.98. The molecule has 0 unspecified atom stereocenters. The number of amides is 2. The molecule has 2 aromatic rings. The Balaban J connectivity index is 1.54. The molecule has 0 heterocycles. The third kappa shape index (κ3) is 4.47. The fraction of sp³-hybridized carbons (Fsp3) is 0.348. The molecular weight excluding hydrogens is 368 g/mol. The zero-order valence-electron chi connectivity index (χ0n) is 18.5. The van der Waals surface area contributed by atoms with E-state index in [1.165, 1.54) is 13.8 Å². The van der Waals surface area contributed by atoms with E-state index in [1.54, 1.807) is 0 Å². The van der Waals surface area contributed by atoms with Crippen molar-refractivity contribution in [1.29, 1.82) is 0 Å². The van der Waals surface area contributed by atoms with Crippen molar-refractivity contribution in [2.24, 2.45) is 0 Å². The highest BCUT2D eigenvalue weighted by Crippen LogP contribution is 2.44. The molecule has 0 aromatic heterocycles. The van der Waals surface area contributed by atoms with Crippen molar-refractivity contribution in [2.75, 3.05) is 6.61 Å². The molecular formula is C23H26N2O4. The fourth-order valence-electron chi connectivity index (χ4n) is 3.48. The van der Waals surface area contributed by atoms with Crippen LogP contribution in [0.5, 0.6) is 0 Å². The summed E-state index contributed by atoms with van der Waals surface area (Å²) >= 11 is 0. The number of carbonyl (C=O) groups is 3. The van der Waals surface area contributed by atoms with Crippen LogP contribution in [0.3, 0.4) is 0 Å². The van der Waals surface area contributed by atoms with Gasteiger partial charge in [-0.1, -0.05) is 55.4 Å². The first kappa shape index (κ1) is 17.9. The molecule has 1 aliphatic rings. The number of hydrogen-bond donors (Lipinski definition) is 2. The number of rotatable bonds is 7. The van der Waals surface area contributed by atoms with E-state index in [1.807, 2.05) is 48.5 Å². The van der Waals surface area contributed by atoms with E-state index in [-0.39, 0.29) is 18.9 Å². The maximum Gasteiger partial charge on any atom is 0.407 e. The van der Waals surface area contributed by atoms with Gasteiger partial charge in [0.2, 0.25) is 5.91 Å². The summed E-state index contributed by atoms with van der Waals surface area (Å²) in [5.41, 5.74) is 4.44. The molecule has 29 heavy (non-hydrogen) atoms. The smallest absolute Gasteiger partial charge is 0.407 e. The minimum absolute atomic E-state index is 0.0809. The number of alkyl carbamates (subject to hydrolysis) is 1. The Kier molecular flexibility index (Phi) is 5.50. The number of carbonyl (C=O) groups excluding carboxylic acids is 3. The van der Waals surface area contributed by atoms with Crippen LogP contribution in [0.2, 0.25) is 0 Å². The molecule has 2 atom stereocenters. The van der Waals surface area contributed by atoms with E-state index in [0.29, 0.717) is 0 Å². The van der Waals surface area contributed by atoms with Crippen molar-refractivity contribution in [3.05, 3.63) is 59.7 Å². The normalized spacial score (nSPS) is 15.4. The van der Waals surface area contributed by atoms with E-state index in [9.17, 15) is 14.4 Å². The van der Waals surface area contributed by atoms with Gasteiger partial charge < -0.3 is 15.4 Å². The summed E-state index contributed by atoms with van der Waals surface area (Å²) in [7, 11) is 0. The van der Waals surface area contributed by atoms with Gasteiger partial charge in [0.25, 0.3) is 0 Å². The molecule has 3 rings (SSSR count). The molecule has 0 spiro atoms. The Morgan fingerprint density at radius 1 is 0.966 bits per heavy atom. The molecule has 0 aliphatic heterocycles. The van der Waals surface area contributed by atoms with Crippen LogP contribution < -0.4 is 10.6 Å². The standard InChI is InChI=1S/C23H26N2O4/c1-4-21(26)14(2)24-22(27)15(3)25-23(28)29-13-20-18-11-7-5-9-16(18)17-10-6-8-12-19(17)20/h5-12,14-15,20H,4,13H2,1-3H3,(H,24,27)(H,25,28)/t14-,15-/m0/s1/i1D2. The maximum atomic E-state index is 12.3. The van der Waals surface area contributed by atoms with Crippen LogP contribution in [0, 0.1) is 0 Å². The minimum atomic E-state index is -1.27. The largest absolute Gasteiger partial charge is 0.449 e. The lowest BCUT2D eigenvalue weighted by molar-refractivity contribution is -0.128. The van der Waals surface area contributed by atoms with Crippen LogP contribution in [0.1, 0.15) is 46.9 Å². The molecule has 1 aliphatic carbocycles. The highest BCUT2D eigenvalue weighted by molar-refractivity contribution is 5.91. The van der Waals surface area contributed by atoms with E-state index >= 15 is 0 Å². The second-order valence-electron chi connectivity index (χ2n) is 7.09. The summed E-state index contributed by atoms with van der Waals surface area (Å²) in [5.74, 6) is -1.03. The van der Waals surface area contributed by atoms with Gasteiger partial charge in [-0.25, -0.2) is 4.79 Å². The predicted molar refractivity (Wildman–Crippen MR) is 111 cm³/mol. The Hall–Kier alpha value is -3.15. The molecule has 0 radical (unpaired) electrons. The van der Waals surface area contributed by atoms with E-state index in [4.69, 9.17) is 7.48 Å². The maximum absolute atomic E-state index is 12.3. The monoisotopic (exact) mass is 396 g/mol. The van der Waals surface area contributed by atoms with Crippen LogP contribution in [-0.2, 0) is 14.3 Å². The Morgan fingerprint density at radius 3 is 2.14 bits per heavy atom. The van der Waals surface area contributed by atoms with Gasteiger partial charge in [0.05, 0.1) is 6.04 Å². The first-order valence-corrected chi connectivity index (χ1v) is 9.57. The molecule has 0 saturated carbocycles. The number of benzene rings is 2. The number of Topliss-reactive ketones (excluding diaryl/α,β-unsaturated/α-hetero) is 1. The third-order valence-corrected chi connectivity index (χ3v) is 5.11. The highest BCUT2D eigenvalue weighted by Gasteiger charge is 2.29. The predicted octanol–water partition coefficient (Wildman–Crippen LogP) is 3.40. The Bertz CT molecular complexity index is 934. The lowest BCUT2D eigenvalue weighted by Crippen LogP contribution is -2.49. The van der Waals surface area contributed by atoms with E-state index in [0.717, 1.165) is 22.3 Å². The number of fused-ring (bicyclic) bond motifs is 3. The van der Waals surface area contributed by atoms with E-state index in [2.05, 4.69) is 10.6 Å². The van der Waals surface area contributed by atoms with Gasteiger partial charge in [-0.15, -0.1) is 0 Å². The first-order chi connectivity index (χ1) is 14.8. The number of hydrogen-bond acceptors (Lipinski definition) is 4. The van der Waals surface area contributed by atoms with Crippen molar-refractivity contribution in [2.45, 2.75) is 45.1 Å². The topological polar surface area (TPSA) is 84.5 Å².